The maximum Gasteiger partial charge on any atom is 0.444 e. The van der Waals surface area contributed by atoms with Gasteiger partial charge in [-0.3, -0.25) is 4.57 Å². The van der Waals surface area contributed by atoms with Crippen molar-refractivity contribution in [3.8, 4) is 5.75 Å². The molecule has 0 aliphatic heterocycles. The van der Waals surface area contributed by atoms with Crippen molar-refractivity contribution < 1.29 is 31.5 Å². The van der Waals surface area contributed by atoms with Gasteiger partial charge in [-0.2, -0.15) is 8.78 Å². The molecule has 0 aliphatic carbocycles. The zero-order valence-electron chi connectivity index (χ0n) is 19.6. The summed E-state index contributed by atoms with van der Waals surface area (Å²) in [5.41, 5.74) is -1.12. The average Bonchev–Trinajstić information content (AvgIpc) is 2.79. The van der Waals surface area contributed by atoms with Crippen LogP contribution in [0.25, 0.3) is 0 Å². The largest absolute Gasteiger partial charge is 0.444 e. The molecule has 2 rings (SSSR count). The van der Waals surface area contributed by atoms with Crippen LogP contribution in [0.2, 0.25) is 0 Å². The van der Waals surface area contributed by atoms with Gasteiger partial charge in [-0.25, -0.2) is 4.39 Å². The van der Waals surface area contributed by atoms with Crippen LogP contribution in [0.5, 0.6) is 5.75 Å². The van der Waals surface area contributed by atoms with Gasteiger partial charge >= 0.3 is 13.7 Å². The van der Waals surface area contributed by atoms with E-state index >= 15 is 0 Å². The predicted octanol–water partition coefficient (Wildman–Crippen LogP) is 7.42. The van der Waals surface area contributed by atoms with Crippen LogP contribution in [0.4, 0.5) is 24.5 Å². The monoisotopic (exact) mass is 522 g/mol. The zero-order chi connectivity index (χ0) is 25.4. The van der Waals surface area contributed by atoms with E-state index in [1.807, 2.05) is 38.1 Å². The number of anilines is 2. The molecule has 34 heavy (non-hydrogen) atoms. The van der Waals surface area contributed by atoms with Crippen molar-refractivity contribution in [1.29, 1.82) is 0 Å². The minimum atomic E-state index is -4.22. The molecule has 190 valence electrons. The van der Waals surface area contributed by atoms with Crippen molar-refractivity contribution in [1.82, 2.24) is 0 Å². The number of alkyl halides is 4. The van der Waals surface area contributed by atoms with Gasteiger partial charge in [0, 0.05) is 30.5 Å². The summed E-state index contributed by atoms with van der Waals surface area (Å²) in [7, 11) is -3.74. The summed E-state index contributed by atoms with van der Waals surface area (Å²) in [6.07, 6.45) is -4.22. The minimum Gasteiger partial charge on any atom is -0.429 e. The fraction of sp³-hybridized carbons (Fsp3) is 0.478. The molecule has 0 fully saturated rings. The van der Waals surface area contributed by atoms with Crippen LogP contribution >= 0.6 is 19.2 Å². The Hall–Kier alpha value is -1.93. The van der Waals surface area contributed by atoms with Gasteiger partial charge in [-0.05, 0) is 57.5 Å². The lowest BCUT2D eigenvalue weighted by molar-refractivity contribution is -0.199. The number of nitrogens with one attached hydrogen (secondary N) is 1. The predicted molar refractivity (Wildman–Crippen MR) is 130 cm³/mol. The molecule has 0 amide bonds. The number of benzene rings is 2. The van der Waals surface area contributed by atoms with Gasteiger partial charge in [0.15, 0.2) is 5.78 Å². The molecule has 6 nitrogen and oxygen atoms in total. The van der Waals surface area contributed by atoms with E-state index < -0.39 is 25.1 Å². The topological polar surface area (TPSA) is 60.0 Å². The lowest BCUT2D eigenvalue weighted by Gasteiger charge is -2.29. The fourth-order valence-electron chi connectivity index (χ4n) is 3.36. The van der Waals surface area contributed by atoms with E-state index in [2.05, 4.69) is 15.0 Å². The quantitative estimate of drug-likeness (QED) is 0.206. The maximum absolute atomic E-state index is 13.7. The van der Waals surface area contributed by atoms with E-state index in [1.165, 1.54) is 18.2 Å². The third-order valence-electron chi connectivity index (χ3n) is 4.92. The maximum atomic E-state index is 13.7. The van der Waals surface area contributed by atoms with Gasteiger partial charge < -0.3 is 24.0 Å². The minimum absolute atomic E-state index is 0.135. The molecule has 0 spiro atoms. The molecule has 0 heterocycles. The van der Waals surface area contributed by atoms with Gasteiger partial charge in [0.25, 0.3) is 5.63 Å². The second-order valence-electron chi connectivity index (χ2n) is 7.18. The van der Waals surface area contributed by atoms with Gasteiger partial charge in [-0.1, -0.05) is 29.8 Å². The molecule has 0 bridgehead atoms. The Morgan fingerprint density at radius 3 is 2.12 bits per heavy atom. The first-order chi connectivity index (χ1) is 16.1. The highest BCUT2D eigenvalue weighted by Crippen LogP contribution is 2.61. The average molecular weight is 523 g/mol. The van der Waals surface area contributed by atoms with Gasteiger partial charge in [0.2, 0.25) is 0 Å². The number of ether oxygens (including phenoxy) is 1. The van der Waals surface area contributed by atoms with Crippen LogP contribution in [-0.4, -0.2) is 38.0 Å². The highest BCUT2D eigenvalue weighted by atomic mass is 35.5. The zero-order valence-corrected chi connectivity index (χ0v) is 21.3. The Balaban J connectivity index is 2.44. The van der Waals surface area contributed by atoms with Crippen molar-refractivity contribution in [3.05, 3.63) is 54.1 Å². The highest BCUT2D eigenvalue weighted by molar-refractivity contribution is 7.54. The molecule has 0 radical (unpaired) electrons. The molecular weight excluding hydrogens is 492 g/mol. The standard InChI is InChI=1S/C23H31ClF3N2O4P/c1-5-29(6-2)19-14-12-17(13-15-19)21(34(30,31-7-3)32-8-4)28-18-10-9-11-20(16-18)33-23(26,27)22(24)25/h9-16,21-22,28H,5-8H2,1-4H3. The first kappa shape index (κ1) is 28.3. The normalized spacial score (nSPS) is 13.9. The summed E-state index contributed by atoms with van der Waals surface area (Å²) in [4.78, 5) is 2.16. The van der Waals surface area contributed by atoms with Crippen molar-refractivity contribution >= 4 is 30.6 Å². The Bertz CT molecular complexity index is 936. The lowest BCUT2D eigenvalue weighted by Crippen LogP contribution is -2.32. The van der Waals surface area contributed by atoms with E-state index in [4.69, 9.17) is 20.6 Å². The number of hydrogen-bond donors (Lipinski definition) is 1. The fourth-order valence-corrected chi connectivity index (χ4v) is 5.34. The number of halogens is 4. The van der Waals surface area contributed by atoms with E-state index in [9.17, 15) is 17.7 Å². The number of rotatable bonds is 14. The van der Waals surface area contributed by atoms with Crippen LogP contribution < -0.4 is 15.0 Å². The smallest absolute Gasteiger partial charge is 0.429 e. The molecule has 0 saturated heterocycles. The molecule has 11 heteroatoms. The Morgan fingerprint density at radius 1 is 1.03 bits per heavy atom. The molecule has 0 saturated carbocycles. The second kappa shape index (κ2) is 12.7. The number of hydrogen-bond acceptors (Lipinski definition) is 6. The third-order valence-corrected chi connectivity index (χ3v) is 7.47. The van der Waals surface area contributed by atoms with Crippen molar-refractivity contribution in [2.75, 3.05) is 36.5 Å². The summed E-state index contributed by atoms with van der Waals surface area (Å²) in [6, 6.07) is 12.9. The molecular formula is C23H31ClF3N2O4P. The van der Waals surface area contributed by atoms with E-state index in [1.54, 1.807) is 19.9 Å². The summed E-state index contributed by atoms with van der Waals surface area (Å²) in [5, 5.41) is 3.06. The van der Waals surface area contributed by atoms with Gasteiger partial charge in [-0.15, -0.1) is 0 Å². The molecule has 0 aliphatic rings. The van der Waals surface area contributed by atoms with Crippen molar-refractivity contribution in [3.63, 3.8) is 0 Å². The summed E-state index contributed by atoms with van der Waals surface area (Å²) in [6.45, 7) is 9.42. The molecule has 1 N–H and O–H groups in total. The first-order valence-electron chi connectivity index (χ1n) is 11.0. The summed E-state index contributed by atoms with van der Waals surface area (Å²) < 4.78 is 69.4. The van der Waals surface area contributed by atoms with Crippen LogP contribution in [0, 0.1) is 0 Å². The third kappa shape index (κ3) is 7.28. The molecule has 2 aromatic carbocycles. The van der Waals surface area contributed by atoms with E-state index in [0.717, 1.165) is 18.8 Å². The summed E-state index contributed by atoms with van der Waals surface area (Å²) >= 11 is 4.88. The SMILES string of the molecule is CCOP(=O)(OCC)C(Nc1cccc(OC(F)(F)C(F)Cl)c1)c1ccc(N(CC)CC)cc1. The van der Waals surface area contributed by atoms with Crippen LogP contribution in [0.1, 0.15) is 39.0 Å². The second-order valence-corrected chi connectivity index (χ2v) is 9.67. The van der Waals surface area contributed by atoms with Crippen molar-refractivity contribution in [2.24, 2.45) is 0 Å². The lowest BCUT2D eigenvalue weighted by atomic mass is 10.1. The Morgan fingerprint density at radius 2 is 1.62 bits per heavy atom. The van der Waals surface area contributed by atoms with Crippen LogP contribution in [0.3, 0.4) is 0 Å². The van der Waals surface area contributed by atoms with Gasteiger partial charge in [0.05, 0.1) is 13.2 Å². The van der Waals surface area contributed by atoms with Crippen LogP contribution in [0.15, 0.2) is 48.5 Å². The van der Waals surface area contributed by atoms with Crippen molar-refractivity contribution in [2.45, 2.75) is 45.2 Å². The summed E-state index contributed by atoms with van der Waals surface area (Å²) in [5.74, 6) is -1.27. The Labute approximate surface area is 203 Å². The molecule has 0 aromatic heterocycles. The molecule has 2 aromatic rings. The van der Waals surface area contributed by atoms with E-state index in [-0.39, 0.29) is 24.7 Å². The van der Waals surface area contributed by atoms with Gasteiger partial charge in [0.1, 0.15) is 5.75 Å². The number of nitrogens with zero attached hydrogens (tertiary/aromatic N) is 1. The first-order valence-corrected chi connectivity index (χ1v) is 13.1. The molecule has 2 atom stereocenters. The van der Waals surface area contributed by atoms with Crippen LogP contribution in [-0.2, 0) is 13.6 Å². The van der Waals surface area contributed by atoms with E-state index in [0.29, 0.717) is 5.56 Å². The Kier molecular flexibility index (Phi) is 10.6. The highest BCUT2D eigenvalue weighted by Gasteiger charge is 2.42. The molecule has 2 unspecified atom stereocenters.